The number of carbonyl (C=O) groups is 1. The van der Waals surface area contributed by atoms with Crippen molar-refractivity contribution in [1.29, 1.82) is 0 Å². The Morgan fingerprint density at radius 1 is 1.26 bits per heavy atom. The molecular weight excluding hydrogens is 372 g/mol. The van der Waals surface area contributed by atoms with Gasteiger partial charge in [-0.2, -0.15) is 5.10 Å². The number of amides is 1. The lowest BCUT2D eigenvalue weighted by Crippen LogP contribution is -2.36. The number of benzene rings is 2. The first-order valence-corrected chi connectivity index (χ1v) is 8.63. The second-order valence-electron chi connectivity index (χ2n) is 5.78. The van der Waals surface area contributed by atoms with Crippen molar-refractivity contribution >= 4 is 35.1 Å². The highest BCUT2D eigenvalue weighted by Crippen LogP contribution is 2.29. The van der Waals surface area contributed by atoms with E-state index >= 15 is 0 Å². The average Bonchev–Trinajstić information content (AvgIpc) is 2.68. The summed E-state index contributed by atoms with van der Waals surface area (Å²) in [7, 11) is 0. The lowest BCUT2D eigenvalue weighted by atomic mass is 10.1. The molecule has 2 aromatic carbocycles. The van der Waals surface area contributed by atoms with E-state index in [-0.39, 0.29) is 5.69 Å². The highest BCUT2D eigenvalue weighted by Gasteiger charge is 2.21. The van der Waals surface area contributed by atoms with Crippen LogP contribution in [0.3, 0.4) is 0 Å². The molecule has 27 heavy (non-hydrogen) atoms. The van der Waals surface area contributed by atoms with E-state index in [4.69, 9.17) is 16.3 Å². The van der Waals surface area contributed by atoms with E-state index in [0.717, 1.165) is 0 Å². The molecule has 8 nitrogen and oxygen atoms in total. The molecule has 1 N–H and O–H groups in total. The van der Waals surface area contributed by atoms with Gasteiger partial charge in [0.2, 0.25) is 0 Å². The van der Waals surface area contributed by atoms with Crippen molar-refractivity contribution in [2.24, 2.45) is 5.10 Å². The van der Waals surface area contributed by atoms with Crippen molar-refractivity contribution in [3.8, 4) is 0 Å². The van der Waals surface area contributed by atoms with Crippen LogP contribution in [0.5, 0.6) is 0 Å². The molecule has 1 aliphatic rings. The van der Waals surface area contributed by atoms with Gasteiger partial charge in [-0.05, 0) is 18.2 Å². The fourth-order valence-corrected chi connectivity index (χ4v) is 2.93. The number of nitrogens with one attached hydrogen (secondary N) is 1. The van der Waals surface area contributed by atoms with E-state index in [1.54, 1.807) is 36.4 Å². The number of anilines is 1. The molecule has 1 fully saturated rings. The first-order valence-electron chi connectivity index (χ1n) is 8.25. The maximum absolute atomic E-state index is 12.1. The van der Waals surface area contributed by atoms with Crippen LogP contribution in [0.2, 0.25) is 5.02 Å². The van der Waals surface area contributed by atoms with Crippen molar-refractivity contribution in [3.05, 3.63) is 68.7 Å². The Kier molecular flexibility index (Phi) is 6.00. The standard InChI is InChI=1S/C18H17ClN4O4/c19-15-4-2-1-3-14(15)18(24)21-20-12-13-5-6-16(17(11-13)23(25)26)22-7-9-27-10-8-22/h1-6,11-12H,7-10H2,(H,21,24)/b20-12-. The third-order valence-corrected chi connectivity index (χ3v) is 4.38. The maximum Gasteiger partial charge on any atom is 0.293 e. The Hall–Kier alpha value is -2.97. The zero-order valence-corrected chi connectivity index (χ0v) is 15.1. The fourth-order valence-electron chi connectivity index (χ4n) is 2.71. The molecule has 2 aromatic rings. The molecule has 3 rings (SSSR count). The van der Waals surface area contributed by atoms with Gasteiger partial charge < -0.3 is 9.64 Å². The molecule has 0 radical (unpaired) electrons. The summed E-state index contributed by atoms with van der Waals surface area (Å²) < 4.78 is 5.28. The summed E-state index contributed by atoms with van der Waals surface area (Å²) in [6.45, 7) is 2.27. The van der Waals surface area contributed by atoms with E-state index in [0.29, 0.717) is 48.1 Å². The Bertz CT molecular complexity index is 881. The molecule has 0 spiro atoms. The van der Waals surface area contributed by atoms with Gasteiger partial charge in [0, 0.05) is 24.7 Å². The zero-order valence-electron chi connectivity index (χ0n) is 14.3. The lowest BCUT2D eigenvalue weighted by Gasteiger charge is -2.28. The van der Waals surface area contributed by atoms with E-state index in [1.165, 1.54) is 12.3 Å². The van der Waals surface area contributed by atoms with Gasteiger partial charge in [-0.1, -0.05) is 29.8 Å². The zero-order chi connectivity index (χ0) is 19.2. The van der Waals surface area contributed by atoms with Gasteiger partial charge in [0.05, 0.1) is 34.9 Å². The van der Waals surface area contributed by atoms with E-state index in [1.807, 2.05) is 4.90 Å². The van der Waals surface area contributed by atoms with Gasteiger partial charge in [-0.15, -0.1) is 0 Å². The van der Waals surface area contributed by atoms with Crippen LogP contribution in [-0.4, -0.2) is 43.3 Å². The van der Waals surface area contributed by atoms with Crippen molar-refractivity contribution < 1.29 is 14.5 Å². The van der Waals surface area contributed by atoms with E-state index in [9.17, 15) is 14.9 Å². The summed E-state index contributed by atoms with van der Waals surface area (Å²) in [5.74, 6) is -0.462. The Morgan fingerprint density at radius 3 is 2.70 bits per heavy atom. The van der Waals surface area contributed by atoms with Crippen molar-refractivity contribution in [3.63, 3.8) is 0 Å². The van der Waals surface area contributed by atoms with E-state index < -0.39 is 10.8 Å². The number of halogens is 1. The summed E-state index contributed by atoms with van der Waals surface area (Å²) in [4.78, 5) is 25.0. The van der Waals surface area contributed by atoms with Crippen LogP contribution >= 0.6 is 11.6 Å². The van der Waals surface area contributed by atoms with Crippen LogP contribution in [-0.2, 0) is 4.74 Å². The normalized spacial score (nSPS) is 14.3. The van der Waals surface area contributed by atoms with Crippen LogP contribution in [0.1, 0.15) is 15.9 Å². The molecule has 140 valence electrons. The predicted octanol–water partition coefficient (Wildman–Crippen LogP) is 2.85. The molecule has 0 unspecified atom stereocenters. The fraction of sp³-hybridized carbons (Fsp3) is 0.222. The number of carbonyl (C=O) groups excluding carboxylic acids is 1. The van der Waals surface area contributed by atoms with Gasteiger partial charge in [-0.3, -0.25) is 14.9 Å². The number of nitrogens with zero attached hydrogens (tertiary/aromatic N) is 3. The van der Waals surface area contributed by atoms with Crippen LogP contribution in [0, 0.1) is 10.1 Å². The first kappa shape index (κ1) is 18.8. The minimum absolute atomic E-state index is 0.0155. The molecule has 0 aliphatic carbocycles. The maximum atomic E-state index is 12.1. The van der Waals surface area contributed by atoms with Crippen LogP contribution in [0.15, 0.2) is 47.6 Å². The lowest BCUT2D eigenvalue weighted by molar-refractivity contribution is -0.384. The molecular formula is C18H17ClN4O4. The number of hydrazone groups is 1. The number of ether oxygens (including phenoxy) is 1. The second-order valence-corrected chi connectivity index (χ2v) is 6.19. The van der Waals surface area contributed by atoms with Crippen LogP contribution in [0.25, 0.3) is 0 Å². The minimum Gasteiger partial charge on any atom is -0.378 e. The number of nitro benzene ring substituents is 1. The molecule has 1 heterocycles. The van der Waals surface area contributed by atoms with Gasteiger partial charge in [0.15, 0.2) is 0 Å². The van der Waals surface area contributed by atoms with Gasteiger partial charge >= 0.3 is 0 Å². The molecule has 1 amide bonds. The van der Waals surface area contributed by atoms with Crippen molar-refractivity contribution in [2.75, 3.05) is 31.2 Å². The molecule has 0 atom stereocenters. The molecule has 0 bridgehead atoms. The highest BCUT2D eigenvalue weighted by molar-refractivity contribution is 6.33. The smallest absolute Gasteiger partial charge is 0.293 e. The highest BCUT2D eigenvalue weighted by atomic mass is 35.5. The summed E-state index contributed by atoms with van der Waals surface area (Å²) in [5, 5.41) is 15.6. The quantitative estimate of drug-likeness (QED) is 0.482. The third-order valence-electron chi connectivity index (χ3n) is 4.05. The van der Waals surface area contributed by atoms with Crippen LogP contribution < -0.4 is 10.3 Å². The molecule has 1 aliphatic heterocycles. The Balaban J connectivity index is 1.74. The summed E-state index contributed by atoms with van der Waals surface area (Å²) in [6.07, 6.45) is 1.35. The SMILES string of the molecule is O=C(N/N=C\c1ccc(N2CCOCC2)c([N+](=O)[O-])c1)c1ccccc1Cl. The number of morpholine rings is 1. The minimum atomic E-state index is -0.462. The second kappa shape index (κ2) is 8.61. The van der Waals surface area contributed by atoms with E-state index in [2.05, 4.69) is 10.5 Å². The largest absolute Gasteiger partial charge is 0.378 e. The number of hydrogen-bond acceptors (Lipinski definition) is 6. The number of nitro groups is 1. The number of rotatable bonds is 5. The summed E-state index contributed by atoms with van der Waals surface area (Å²) in [6, 6.07) is 11.4. The Morgan fingerprint density at radius 2 is 2.00 bits per heavy atom. The van der Waals surface area contributed by atoms with Gasteiger partial charge in [0.25, 0.3) is 11.6 Å². The molecule has 1 saturated heterocycles. The van der Waals surface area contributed by atoms with Crippen LogP contribution in [0.4, 0.5) is 11.4 Å². The summed E-state index contributed by atoms with van der Waals surface area (Å²) in [5.41, 5.74) is 3.69. The van der Waals surface area contributed by atoms with Gasteiger partial charge in [0.1, 0.15) is 5.69 Å². The average molecular weight is 389 g/mol. The first-order chi connectivity index (χ1) is 13.1. The molecule has 0 saturated carbocycles. The topological polar surface area (TPSA) is 97.1 Å². The third kappa shape index (κ3) is 4.60. The van der Waals surface area contributed by atoms with Crippen molar-refractivity contribution in [1.82, 2.24) is 5.43 Å². The Labute approximate surface area is 160 Å². The van der Waals surface area contributed by atoms with Gasteiger partial charge in [-0.25, -0.2) is 5.43 Å². The summed E-state index contributed by atoms with van der Waals surface area (Å²) >= 11 is 5.96. The monoisotopic (exact) mass is 388 g/mol. The molecule has 0 aromatic heterocycles. The molecule has 9 heteroatoms. The predicted molar refractivity (Wildman–Crippen MR) is 103 cm³/mol. The number of hydrogen-bond donors (Lipinski definition) is 1. The van der Waals surface area contributed by atoms with Crippen molar-refractivity contribution in [2.45, 2.75) is 0 Å².